The molecule has 1 aromatic heterocycles. The highest BCUT2D eigenvalue weighted by Gasteiger charge is 2.41. The lowest BCUT2D eigenvalue weighted by Crippen LogP contribution is -2.31. The monoisotopic (exact) mass is 564 g/mol. The second kappa shape index (κ2) is 12.9. The highest BCUT2D eigenvalue weighted by molar-refractivity contribution is 6.46. The molecule has 0 radical (unpaired) electrons. The van der Waals surface area contributed by atoms with Crippen molar-refractivity contribution in [3.63, 3.8) is 0 Å². The molecule has 5 rings (SSSR count). The number of allylic oxidation sites excluding steroid dienone is 3. The van der Waals surface area contributed by atoms with Gasteiger partial charge in [0.15, 0.2) is 18.0 Å². The third-order valence-corrected chi connectivity index (χ3v) is 9.84. The van der Waals surface area contributed by atoms with Crippen LogP contribution < -0.4 is 5.11 Å². The first kappa shape index (κ1) is 30.1. The molecule has 1 aliphatic heterocycles. The maximum atomic E-state index is 14.1. The highest BCUT2D eigenvalue weighted by Crippen LogP contribution is 2.47. The average molecular weight is 565 g/mol. The summed E-state index contributed by atoms with van der Waals surface area (Å²) in [6.45, 7) is 15.0. The Labute approximate surface area is 252 Å². The zero-order valence-corrected chi connectivity index (χ0v) is 26.6. The van der Waals surface area contributed by atoms with Crippen molar-refractivity contribution in [2.75, 3.05) is 6.54 Å². The van der Waals surface area contributed by atoms with Gasteiger partial charge >= 0.3 is 0 Å². The maximum Gasteiger partial charge on any atom is 0.213 e. The molecule has 1 aliphatic carbocycles. The zero-order valence-electron chi connectivity index (χ0n) is 26.6. The summed E-state index contributed by atoms with van der Waals surface area (Å²) in [5, 5.41) is 15.1. The standard InChI is InChI=1S/C38H48N2O2/c1-7-11-17-27(9-3)23-39-25(5)33(29-19-13-15-21-31(29)39)35-37(41)36(38(35)42)34-26(6)40(24-28(10-4)18-12-8-2)32-22-16-14-20-30(32)34/h13-16,19-22,27-28H,7-12,17-18,23-24H2,1-6H3. The van der Waals surface area contributed by atoms with E-state index in [2.05, 4.69) is 87.1 Å². The Morgan fingerprint density at radius 2 is 1.45 bits per heavy atom. The first-order chi connectivity index (χ1) is 20.4. The normalized spacial score (nSPS) is 18.2. The molecule has 0 bridgehead atoms. The van der Waals surface area contributed by atoms with Gasteiger partial charge in [-0.15, -0.1) is 0 Å². The van der Waals surface area contributed by atoms with Crippen LogP contribution in [0.5, 0.6) is 0 Å². The minimum Gasteiger partial charge on any atom is -0.871 e. The summed E-state index contributed by atoms with van der Waals surface area (Å²) in [5.41, 5.74) is 7.71. The number of carbonyl (C=O) groups is 1. The van der Waals surface area contributed by atoms with E-state index >= 15 is 0 Å². The molecule has 2 aromatic carbocycles. The fraction of sp³-hybridized carbons (Fsp3) is 0.474. The predicted octanol–water partition coefficient (Wildman–Crippen LogP) is 8.61. The fourth-order valence-corrected chi connectivity index (χ4v) is 7.16. The molecular formula is C38H48N2O2. The quantitative estimate of drug-likeness (QED) is 0.154. The Morgan fingerprint density at radius 3 is 2.12 bits per heavy atom. The molecule has 222 valence electrons. The van der Waals surface area contributed by atoms with Crippen molar-refractivity contribution in [2.24, 2.45) is 11.8 Å². The van der Waals surface area contributed by atoms with Gasteiger partial charge in [0.25, 0.3) is 0 Å². The number of carbonyl (C=O) groups excluding carboxylic acids is 1. The average Bonchev–Trinajstić information content (AvgIpc) is 3.43. The summed E-state index contributed by atoms with van der Waals surface area (Å²) in [7, 11) is 0. The Bertz CT molecular complexity index is 1580. The fourth-order valence-electron chi connectivity index (χ4n) is 7.16. The lowest BCUT2D eigenvalue weighted by molar-refractivity contribution is -0.446. The highest BCUT2D eigenvalue weighted by atomic mass is 16.3. The summed E-state index contributed by atoms with van der Waals surface area (Å²) < 4.78 is 4.72. The molecule has 0 spiro atoms. The smallest absolute Gasteiger partial charge is 0.213 e. The molecule has 2 atom stereocenters. The van der Waals surface area contributed by atoms with Crippen LogP contribution in [0.2, 0.25) is 0 Å². The maximum absolute atomic E-state index is 14.1. The molecule has 0 amide bonds. The van der Waals surface area contributed by atoms with Gasteiger partial charge in [-0.25, -0.2) is 0 Å². The van der Waals surface area contributed by atoms with E-state index in [4.69, 9.17) is 0 Å². The van der Waals surface area contributed by atoms with Gasteiger partial charge in [0.05, 0.1) is 11.1 Å². The SMILES string of the molecule is CCCCC(CC)Cn1c(C)c(C2=C([O-])/C(=C3\C(C)=[N+](CC(CC)CCCC)c4ccccc43)C2=O)c2ccccc21. The van der Waals surface area contributed by atoms with Crippen LogP contribution >= 0.6 is 0 Å². The summed E-state index contributed by atoms with van der Waals surface area (Å²) in [6.07, 6.45) is 9.47. The number of fused-ring (bicyclic) bond motifs is 2. The Morgan fingerprint density at radius 1 is 0.810 bits per heavy atom. The number of hydrogen-bond acceptors (Lipinski definition) is 2. The Kier molecular flexibility index (Phi) is 9.20. The number of hydrogen-bond donors (Lipinski definition) is 0. The number of nitrogens with zero attached hydrogens (tertiary/aromatic N) is 2. The second-order valence-corrected chi connectivity index (χ2v) is 12.4. The summed E-state index contributed by atoms with van der Waals surface area (Å²) >= 11 is 0. The number of ketones is 1. The molecule has 2 heterocycles. The summed E-state index contributed by atoms with van der Waals surface area (Å²) in [6, 6.07) is 16.6. The van der Waals surface area contributed by atoms with E-state index in [1.54, 1.807) is 0 Å². The lowest BCUT2D eigenvalue weighted by Gasteiger charge is -2.32. The van der Waals surface area contributed by atoms with E-state index in [9.17, 15) is 9.90 Å². The van der Waals surface area contributed by atoms with Crippen molar-refractivity contribution in [2.45, 2.75) is 99.5 Å². The molecule has 0 N–H and O–H groups in total. The van der Waals surface area contributed by atoms with Crippen LogP contribution in [0.3, 0.4) is 0 Å². The van der Waals surface area contributed by atoms with Gasteiger partial charge in [-0.2, -0.15) is 4.58 Å². The van der Waals surface area contributed by atoms with Crippen LogP contribution in [-0.4, -0.2) is 27.2 Å². The van der Waals surface area contributed by atoms with Crippen molar-refractivity contribution in [3.8, 4) is 0 Å². The molecule has 2 unspecified atom stereocenters. The van der Waals surface area contributed by atoms with E-state index in [0.717, 1.165) is 70.6 Å². The number of benzene rings is 2. The van der Waals surface area contributed by atoms with E-state index in [1.165, 1.54) is 38.5 Å². The predicted molar refractivity (Wildman–Crippen MR) is 174 cm³/mol. The van der Waals surface area contributed by atoms with Crippen molar-refractivity contribution in [1.29, 1.82) is 0 Å². The van der Waals surface area contributed by atoms with Gasteiger partial charge in [0.2, 0.25) is 5.69 Å². The summed E-state index contributed by atoms with van der Waals surface area (Å²) in [5.74, 6) is 0.941. The van der Waals surface area contributed by atoms with E-state index in [0.29, 0.717) is 23.0 Å². The molecule has 4 nitrogen and oxygen atoms in total. The largest absolute Gasteiger partial charge is 0.871 e. The Hall–Kier alpha value is -3.40. The van der Waals surface area contributed by atoms with Crippen molar-refractivity contribution in [1.82, 2.24) is 4.57 Å². The lowest BCUT2D eigenvalue weighted by atomic mass is 9.78. The van der Waals surface area contributed by atoms with Crippen LogP contribution in [0.15, 0.2) is 59.9 Å². The number of rotatable bonds is 13. The van der Waals surface area contributed by atoms with Crippen LogP contribution in [0.1, 0.15) is 103 Å². The third kappa shape index (κ3) is 5.18. The number of para-hydroxylation sites is 2. The molecule has 0 saturated carbocycles. The van der Waals surface area contributed by atoms with Crippen molar-refractivity contribution >= 4 is 39.2 Å². The summed E-state index contributed by atoms with van der Waals surface area (Å²) in [4.78, 5) is 14.1. The van der Waals surface area contributed by atoms with E-state index < -0.39 is 0 Å². The van der Waals surface area contributed by atoms with Gasteiger partial charge in [-0.1, -0.05) is 95.9 Å². The number of unbranched alkanes of at least 4 members (excludes halogenated alkanes) is 2. The van der Waals surface area contributed by atoms with Gasteiger partial charge in [0, 0.05) is 58.8 Å². The Balaban J connectivity index is 1.61. The van der Waals surface area contributed by atoms with Crippen LogP contribution in [0.4, 0.5) is 5.69 Å². The molecular weight excluding hydrogens is 516 g/mol. The second-order valence-electron chi connectivity index (χ2n) is 12.4. The third-order valence-electron chi connectivity index (χ3n) is 9.84. The van der Waals surface area contributed by atoms with Crippen molar-refractivity contribution < 1.29 is 14.5 Å². The van der Waals surface area contributed by atoms with Gasteiger partial charge in [-0.05, 0) is 44.2 Å². The molecule has 3 aromatic rings. The molecule has 42 heavy (non-hydrogen) atoms. The minimum absolute atomic E-state index is 0.104. The van der Waals surface area contributed by atoms with Crippen molar-refractivity contribution in [3.05, 3.63) is 76.7 Å². The molecule has 0 saturated heterocycles. The van der Waals surface area contributed by atoms with E-state index in [1.807, 2.05) is 12.1 Å². The molecule has 0 fully saturated rings. The van der Waals surface area contributed by atoms with Gasteiger partial charge in [-0.3, -0.25) is 4.79 Å². The van der Waals surface area contributed by atoms with E-state index in [-0.39, 0.29) is 11.5 Å². The first-order valence-corrected chi connectivity index (χ1v) is 16.4. The van der Waals surface area contributed by atoms with Crippen LogP contribution in [0.25, 0.3) is 22.0 Å². The van der Waals surface area contributed by atoms with Gasteiger partial charge < -0.3 is 9.67 Å². The number of Topliss-reactive ketones (excluding diaryl/α,β-unsaturated/α-hetero) is 1. The molecule has 2 aliphatic rings. The van der Waals surface area contributed by atoms with Crippen LogP contribution in [0, 0.1) is 18.8 Å². The van der Waals surface area contributed by atoms with Gasteiger partial charge in [0.1, 0.15) is 0 Å². The topological polar surface area (TPSA) is 48.1 Å². The number of aromatic nitrogens is 1. The zero-order chi connectivity index (χ0) is 30.0. The van der Waals surface area contributed by atoms with Crippen LogP contribution in [-0.2, 0) is 11.3 Å². The minimum atomic E-state index is -0.104. The molecule has 4 heteroatoms. The first-order valence-electron chi connectivity index (χ1n) is 16.4.